The molecule has 0 spiro atoms. The van der Waals surface area contributed by atoms with Crippen LogP contribution in [0.15, 0.2) is 35.1 Å². The molecule has 12 heteroatoms. The lowest BCUT2D eigenvalue weighted by Crippen LogP contribution is -2.50. The Balaban J connectivity index is 1.40. The molecule has 0 atom stereocenters. The molecule has 9 nitrogen and oxygen atoms in total. The molecule has 1 aromatic carbocycles. The first kappa shape index (κ1) is 19.4. The Morgan fingerprint density at radius 3 is 2.61 bits per heavy atom. The number of hydrogen-bond acceptors (Lipinski definition) is 8. The number of amides is 1. The standard InChI is InChI=1S/C19H16F3N7O2/c1-28-26-14-5-4-11(12-7-23-18(24-8-12)19(20,21)22)6-13(14)17(30)29(28)9-15-25-16(31-27-15)10-2-3-10/h4-8,10,26H,2-3,9H2,1H3. The van der Waals surface area contributed by atoms with Gasteiger partial charge in [0.1, 0.15) is 6.54 Å². The average Bonchev–Trinajstić information content (AvgIpc) is 3.49. The van der Waals surface area contributed by atoms with E-state index in [2.05, 4.69) is 25.5 Å². The van der Waals surface area contributed by atoms with Crippen LogP contribution in [-0.2, 0) is 12.7 Å². The highest BCUT2D eigenvalue weighted by Gasteiger charge is 2.35. The van der Waals surface area contributed by atoms with Gasteiger partial charge in [-0.3, -0.25) is 4.79 Å². The molecule has 160 valence electrons. The average molecular weight is 431 g/mol. The van der Waals surface area contributed by atoms with Crippen LogP contribution < -0.4 is 5.43 Å². The third-order valence-corrected chi connectivity index (χ3v) is 5.07. The van der Waals surface area contributed by atoms with Crippen molar-refractivity contribution in [2.45, 2.75) is 31.5 Å². The summed E-state index contributed by atoms with van der Waals surface area (Å²) in [6.45, 7) is 0.103. The monoisotopic (exact) mass is 431 g/mol. The van der Waals surface area contributed by atoms with Crippen LogP contribution in [0.1, 0.15) is 46.7 Å². The lowest BCUT2D eigenvalue weighted by atomic mass is 10.0. The quantitative estimate of drug-likeness (QED) is 0.672. The second-order valence-corrected chi connectivity index (χ2v) is 7.37. The molecule has 3 heterocycles. The topological polar surface area (TPSA) is 100 Å². The number of benzene rings is 1. The van der Waals surface area contributed by atoms with Crippen molar-refractivity contribution in [1.29, 1.82) is 0 Å². The van der Waals surface area contributed by atoms with Crippen LogP contribution in [0.2, 0.25) is 0 Å². The number of anilines is 1. The van der Waals surface area contributed by atoms with Crippen molar-refractivity contribution in [1.82, 2.24) is 30.2 Å². The fraction of sp³-hybridized carbons (Fsp3) is 0.316. The van der Waals surface area contributed by atoms with E-state index in [1.54, 1.807) is 25.2 Å². The van der Waals surface area contributed by atoms with Gasteiger partial charge in [-0.2, -0.15) is 18.2 Å². The molecule has 1 saturated carbocycles. The van der Waals surface area contributed by atoms with Crippen molar-refractivity contribution >= 4 is 11.6 Å². The molecule has 0 saturated heterocycles. The molecule has 1 aliphatic heterocycles. The van der Waals surface area contributed by atoms with Gasteiger partial charge in [0.15, 0.2) is 5.82 Å². The predicted octanol–water partition coefficient (Wildman–Crippen LogP) is 3.25. The zero-order valence-electron chi connectivity index (χ0n) is 16.2. The Kier molecular flexibility index (Phi) is 4.39. The molecule has 1 aliphatic carbocycles. The Labute approximate surface area is 173 Å². The lowest BCUT2D eigenvalue weighted by Gasteiger charge is -2.36. The molecule has 5 rings (SSSR count). The molecule has 2 aromatic heterocycles. The van der Waals surface area contributed by atoms with Gasteiger partial charge in [0, 0.05) is 30.9 Å². The summed E-state index contributed by atoms with van der Waals surface area (Å²) in [6.07, 6.45) is -0.402. The minimum Gasteiger partial charge on any atom is -0.339 e. The number of carbonyl (C=O) groups is 1. The van der Waals surface area contributed by atoms with Gasteiger partial charge in [0.25, 0.3) is 5.91 Å². The van der Waals surface area contributed by atoms with E-state index in [-0.39, 0.29) is 12.5 Å². The molecule has 0 unspecified atom stereocenters. The summed E-state index contributed by atoms with van der Waals surface area (Å²) in [6, 6.07) is 4.94. The van der Waals surface area contributed by atoms with E-state index in [0.29, 0.717) is 40.0 Å². The molecule has 3 aromatic rings. The Bertz CT molecular complexity index is 1140. The van der Waals surface area contributed by atoms with Gasteiger partial charge >= 0.3 is 6.18 Å². The van der Waals surface area contributed by atoms with E-state index in [9.17, 15) is 18.0 Å². The van der Waals surface area contributed by atoms with Crippen molar-refractivity contribution in [3.05, 3.63) is 53.7 Å². The Morgan fingerprint density at radius 2 is 1.94 bits per heavy atom. The number of rotatable bonds is 4. The van der Waals surface area contributed by atoms with Crippen LogP contribution in [0.5, 0.6) is 0 Å². The molecule has 2 aliphatic rings. The van der Waals surface area contributed by atoms with Gasteiger partial charge in [-0.15, -0.1) is 5.12 Å². The maximum Gasteiger partial charge on any atom is 0.451 e. The second-order valence-electron chi connectivity index (χ2n) is 7.37. The summed E-state index contributed by atoms with van der Waals surface area (Å²) in [7, 11) is 1.68. The van der Waals surface area contributed by atoms with Crippen LogP contribution in [-0.4, -0.2) is 43.2 Å². The number of nitrogens with one attached hydrogen (secondary N) is 1. The first-order valence-corrected chi connectivity index (χ1v) is 9.48. The number of aromatic nitrogens is 4. The summed E-state index contributed by atoms with van der Waals surface area (Å²) in [4.78, 5) is 24.2. The molecule has 31 heavy (non-hydrogen) atoms. The van der Waals surface area contributed by atoms with E-state index < -0.39 is 12.0 Å². The Morgan fingerprint density at radius 1 is 1.19 bits per heavy atom. The first-order valence-electron chi connectivity index (χ1n) is 9.48. The summed E-state index contributed by atoms with van der Waals surface area (Å²) < 4.78 is 43.4. The molecule has 0 bridgehead atoms. The van der Waals surface area contributed by atoms with Crippen LogP contribution in [0.3, 0.4) is 0 Å². The molecule has 1 N–H and O–H groups in total. The first-order chi connectivity index (χ1) is 14.8. The SMILES string of the molecule is CN1Nc2ccc(-c3cnc(C(F)(F)F)nc3)cc2C(=O)N1Cc1noc(C2CC2)n1. The fourth-order valence-electron chi connectivity index (χ4n) is 3.27. The van der Waals surface area contributed by atoms with E-state index in [1.807, 2.05) is 0 Å². The molecule has 0 radical (unpaired) electrons. The number of hydrazine groups is 2. The van der Waals surface area contributed by atoms with Crippen molar-refractivity contribution in [2.75, 3.05) is 12.5 Å². The normalized spacial score (nSPS) is 16.9. The van der Waals surface area contributed by atoms with E-state index in [4.69, 9.17) is 4.52 Å². The van der Waals surface area contributed by atoms with Crippen LogP contribution in [0.25, 0.3) is 11.1 Å². The number of halogens is 3. The summed E-state index contributed by atoms with van der Waals surface area (Å²) in [5, 5.41) is 6.89. The van der Waals surface area contributed by atoms with Crippen LogP contribution in [0.4, 0.5) is 18.9 Å². The van der Waals surface area contributed by atoms with Crippen molar-refractivity contribution in [2.24, 2.45) is 0 Å². The molecular weight excluding hydrogens is 415 g/mol. The minimum absolute atomic E-state index is 0.103. The third kappa shape index (κ3) is 3.69. The lowest BCUT2D eigenvalue weighted by molar-refractivity contribution is -0.144. The van der Waals surface area contributed by atoms with Gasteiger partial charge in [-0.25, -0.2) is 15.0 Å². The Hall–Kier alpha value is -3.54. The van der Waals surface area contributed by atoms with Gasteiger partial charge in [-0.05, 0) is 30.5 Å². The maximum atomic E-state index is 13.1. The van der Waals surface area contributed by atoms with Crippen molar-refractivity contribution in [3.8, 4) is 11.1 Å². The zero-order chi connectivity index (χ0) is 21.8. The van der Waals surface area contributed by atoms with Gasteiger partial charge in [-0.1, -0.05) is 11.2 Å². The van der Waals surface area contributed by atoms with E-state index in [0.717, 1.165) is 25.2 Å². The van der Waals surface area contributed by atoms with Crippen LogP contribution in [0, 0.1) is 0 Å². The highest BCUT2D eigenvalue weighted by atomic mass is 19.4. The van der Waals surface area contributed by atoms with Gasteiger partial charge < -0.3 is 9.95 Å². The number of hydrogen-bond donors (Lipinski definition) is 1. The van der Waals surface area contributed by atoms with Crippen molar-refractivity contribution < 1.29 is 22.5 Å². The highest BCUT2D eigenvalue weighted by Crippen LogP contribution is 2.39. The largest absolute Gasteiger partial charge is 0.451 e. The van der Waals surface area contributed by atoms with Crippen molar-refractivity contribution in [3.63, 3.8) is 0 Å². The highest BCUT2D eigenvalue weighted by molar-refractivity contribution is 6.01. The molecule has 1 fully saturated rings. The van der Waals surface area contributed by atoms with E-state index in [1.165, 1.54) is 10.1 Å². The summed E-state index contributed by atoms with van der Waals surface area (Å²) in [5.41, 5.74) is 4.87. The molecule has 1 amide bonds. The summed E-state index contributed by atoms with van der Waals surface area (Å²) in [5.74, 6) is -0.253. The predicted molar refractivity (Wildman–Crippen MR) is 100 cm³/mol. The fourth-order valence-corrected chi connectivity index (χ4v) is 3.27. The minimum atomic E-state index is -4.62. The number of alkyl halides is 3. The van der Waals surface area contributed by atoms with E-state index >= 15 is 0 Å². The third-order valence-electron chi connectivity index (χ3n) is 5.07. The number of fused-ring (bicyclic) bond motifs is 1. The van der Waals surface area contributed by atoms with Gasteiger partial charge in [0.2, 0.25) is 11.7 Å². The van der Waals surface area contributed by atoms with Crippen LogP contribution >= 0.6 is 0 Å². The second kappa shape index (κ2) is 7.01. The number of carbonyl (C=O) groups excluding carboxylic acids is 1. The summed E-state index contributed by atoms with van der Waals surface area (Å²) >= 11 is 0. The molecular formula is C19H16F3N7O2. The van der Waals surface area contributed by atoms with Gasteiger partial charge in [0.05, 0.1) is 11.3 Å². The number of nitrogens with zero attached hydrogens (tertiary/aromatic N) is 6. The maximum absolute atomic E-state index is 13.1. The smallest absolute Gasteiger partial charge is 0.339 e. The zero-order valence-corrected chi connectivity index (χ0v) is 16.2.